The molecule has 0 unspecified atom stereocenters. The quantitative estimate of drug-likeness (QED) is 0.425. The summed E-state index contributed by atoms with van der Waals surface area (Å²) in [7, 11) is 0. The molecule has 0 aromatic heterocycles. The fourth-order valence-corrected chi connectivity index (χ4v) is 0.960. The molecule has 0 heteroatoms. The minimum absolute atomic E-state index is 0.676. The molecule has 0 amide bonds. The Hall–Kier alpha value is -0.700. The van der Waals surface area contributed by atoms with Crippen LogP contribution in [0.3, 0.4) is 0 Å². The van der Waals surface area contributed by atoms with Crippen LogP contribution in [0.25, 0.3) is 0 Å². The highest BCUT2D eigenvalue weighted by Crippen LogP contribution is 2.10. The lowest BCUT2D eigenvalue weighted by Crippen LogP contribution is -1.91. The first-order valence-corrected chi connectivity index (χ1v) is 4.23. The van der Waals surface area contributed by atoms with E-state index in [1.807, 2.05) is 0 Å². The molecule has 0 rings (SSSR count). The molecule has 0 saturated heterocycles. The summed E-state index contributed by atoms with van der Waals surface area (Å²) < 4.78 is 0. The zero-order valence-electron chi connectivity index (χ0n) is 7.85. The molecule has 0 aliphatic rings. The normalized spacial score (nSPS) is 11.8. The summed E-state index contributed by atoms with van der Waals surface area (Å²) in [6.07, 6.45) is 10.8. The third-order valence-electron chi connectivity index (χ3n) is 1.68. The van der Waals surface area contributed by atoms with Crippen molar-refractivity contribution in [2.24, 2.45) is 5.92 Å². The van der Waals surface area contributed by atoms with Crippen LogP contribution in [0, 0.1) is 18.3 Å². The standard InChI is InChI=1S/C11H18/c1-5-7-11(4)9-6-8-10(2)3/h1,8,11H,6-7,9H2,2-4H3/t11-/m0/s1. The molecular formula is C11H18. The van der Waals surface area contributed by atoms with Crippen molar-refractivity contribution in [3.8, 4) is 12.3 Å². The largest absolute Gasteiger partial charge is 0.120 e. The third kappa shape index (κ3) is 7.19. The maximum Gasteiger partial charge on any atom is 0.0112 e. The fraction of sp³-hybridized carbons (Fsp3) is 0.636. The summed E-state index contributed by atoms with van der Waals surface area (Å²) in [6.45, 7) is 6.47. The molecule has 1 atom stereocenters. The number of terminal acetylenes is 1. The number of hydrogen-bond donors (Lipinski definition) is 0. The lowest BCUT2D eigenvalue weighted by Gasteiger charge is -2.03. The molecule has 0 aliphatic heterocycles. The molecule has 0 nitrogen and oxygen atoms in total. The molecule has 0 radical (unpaired) electrons. The summed E-state index contributed by atoms with van der Waals surface area (Å²) in [5, 5.41) is 0. The molecule has 0 aliphatic carbocycles. The van der Waals surface area contributed by atoms with E-state index in [4.69, 9.17) is 6.42 Å². The summed E-state index contributed by atoms with van der Waals surface area (Å²) in [5.74, 6) is 3.36. The fourth-order valence-electron chi connectivity index (χ4n) is 0.960. The first kappa shape index (κ1) is 10.3. The smallest absolute Gasteiger partial charge is 0.0112 e. The van der Waals surface area contributed by atoms with Gasteiger partial charge in [-0.05, 0) is 32.6 Å². The Balaban J connectivity index is 3.40. The van der Waals surface area contributed by atoms with Crippen LogP contribution in [-0.4, -0.2) is 0 Å². The SMILES string of the molecule is C#CC[C@H](C)CCC=C(C)C. The monoisotopic (exact) mass is 150 g/mol. The van der Waals surface area contributed by atoms with E-state index in [1.54, 1.807) is 0 Å². The van der Waals surface area contributed by atoms with Gasteiger partial charge in [0.15, 0.2) is 0 Å². The van der Waals surface area contributed by atoms with Gasteiger partial charge in [-0.3, -0.25) is 0 Å². The predicted molar refractivity (Wildman–Crippen MR) is 51.3 cm³/mol. The van der Waals surface area contributed by atoms with Gasteiger partial charge in [0.05, 0.1) is 0 Å². The van der Waals surface area contributed by atoms with Crippen molar-refractivity contribution in [2.45, 2.75) is 40.0 Å². The zero-order valence-corrected chi connectivity index (χ0v) is 7.85. The van der Waals surface area contributed by atoms with Gasteiger partial charge in [0.2, 0.25) is 0 Å². The van der Waals surface area contributed by atoms with Crippen LogP contribution in [0.5, 0.6) is 0 Å². The van der Waals surface area contributed by atoms with Crippen LogP contribution in [-0.2, 0) is 0 Å². The molecule has 0 spiro atoms. The summed E-state index contributed by atoms with van der Waals surface area (Å²) >= 11 is 0. The Bertz CT molecular complexity index is 153. The molecule has 11 heavy (non-hydrogen) atoms. The molecule has 0 aromatic rings. The van der Waals surface area contributed by atoms with Crippen molar-refractivity contribution in [2.75, 3.05) is 0 Å². The van der Waals surface area contributed by atoms with Gasteiger partial charge in [-0.15, -0.1) is 12.3 Å². The van der Waals surface area contributed by atoms with Gasteiger partial charge in [-0.1, -0.05) is 18.6 Å². The van der Waals surface area contributed by atoms with Crippen molar-refractivity contribution >= 4 is 0 Å². The van der Waals surface area contributed by atoms with Gasteiger partial charge in [0, 0.05) is 6.42 Å². The number of rotatable bonds is 4. The highest BCUT2D eigenvalue weighted by molar-refractivity contribution is 4.93. The molecular weight excluding hydrogens is 132 g/mol. The minimum atomic E-state index is 0.676. The van der Waals surface area contributed by atoms with Crippen LogP contribution in [0.2, 0.25) is 0 Å². The second-order valence-electron chi connectivity index (χ2n) is 3.37. The first-order valence-electron chi connectivity index (χ1n) is 4.23. The zero-order chi connectivity index (χ0) is 8.69. The topological polar surface area (TPSA) is 0 Å². The van der Waals surface area contributed by atoms with Crippen molar-refractivity contribution in [1.82, 2.24) is 0 Å². The van der Waals surface area contributed by atoms with Crippen molar-refractivity contribution in [3.63, 3.8) is 0 Å². The van der Waals surface area contributed by atoms with Crippen LogP contribution in [0.1, 0.15) is 40.0 Å². The Labute approximate surface area is 70.7 Å². The Morgan fingerprint density at radius 2 is 2.18 bits per heavy atom. The maximum absolute atomic E-state index is 5.20. The van der Waals surface area contributed by atoms with E-state index in [1.165, 1.54) is 18.4 Å². The highest BCUT2D eigenvalue weighted by atomic mass is 14.0. The van der Waals surface area contributed by atoms with E-state index in [2.05, 4.69) is 32.8 Å². The molecule has 0 aromatic carbocycles. The van der Waals surface area contributed by atoms with E-state index >= 15 is 0 Å². The molecule has 0 fully saturated rings. The average Bonchev–Trinajstić information content (AvgIpc) is 1.87. The van der Waals surface area contributed by atoms with Gasteiger partial charge in [0.1, 0.15) is 0 Å². The van der Waals surface area contributed by atoms with Crippen molar-refractivity contribution < 1.29 is 0 Å². The lowest BCUT2D eigenvalue weighted by atomic mass is 10.0. The van der Waals surface area contributed by atoms with Crippen molar-refractivity contribution in [1.29, 1.82) is 0 Å². The molecule has 62 valence electrons. The molecule has 0 saturated carbocycles. The highest BCUT2D eigenvalue weighted by Gasteiger charge is 1.96. The summed E-state index contributed by atoms with van der Waals surface area (Å²) in [6, 6.07) is 0. The van der Waals surface area contributed by atoms with E-state index in [0.717, 1.165) is 6.42 Å². The van der Waals surface area contributed by atoms with E-state index in [-0.39, 0.29) is 0 Å². The van der Waals surface area contributed by atoms with E-state index in [0.29, 0.717) is 5.92 Å². The minimum Gasteiger partial charge on any atom is -0.120 e. The molecule has 0 bridgehead atoms. The van der Waals surface area contributed by atoms with Crippen LogP contribution < -0.4 is 0 Å². The van der Waals surface area contributed by atoms with Gasteiger partial charge in [-0.2, -0.15) is 0 Å². The maximum atomic E-state index is 5.20. The summed E-state index contributed by atoms with van der Waals surface area (Å²) in [5.41, 5.74) is 1.40. The summed E-state index contributed by atoms with van der Waals surface area (Å²) in [4.78, 5) is 0. The van der Waals surface area contributed by atoms with E-state index in [9.17, 15) is 0 Å². The Morgan fingerprint density at radius 1 is 1.55 bits per heavy atom. The number of hydrogen-bond acceptors (Lipinski definition) is 0. The van der Waals surface area contributed by atoms with Crippen LogP contribution >= 0.6 is 0 Å². The van der Waals surface area contributed by atoms with Gasteiger partial charge >= 0.3 is 0 Å². The first-order chi connectivity index (χ1) is 5.16. The Kier molecular flexibility index (Phi) is 5.65. The second kappa shape index (κ2) is 6.04. The second-order valence-corrected chi connectivity index (χ2v) is 3.37. The predicted octanol–water partition coefficient (Wildman–Crippen LogP) is 3.39. The van der Waals surface area contributed by atoms with Gasteiger partial charge < -0.3 is 0 Å². The Morgan fingerprint density at radius 3 is 2.64 bits per heavy atom. The third-order valence-corrected chi connectivity index (χ3v) is 1.68. The average molecular weight is 150 g/mol. The van der Waals surface area contributed by atoms with Gasteiger partial charge in [-0.25, -0.2) is 0 Å². The van der Waals surface area contributed by atoms with Gasteiger partial charge in [0.25, 0.3) is 0 Å². The van der Waals surface area contributed by atoms with Crippen LogP contribution in [0.15, 0.2) is 11.6 Å². The lowest BCUT2D eigenvalue weighted by molar-refractivity contribution is 0.553. The number of allylic oxidation sites excluding steroid dienone is 2. The molecule has 0 heterocycles. The van der Waals surface area contributed by atoms with E-state index < -0.39 is 0 Å². The van der Waals surface area contributed by atoms with Crippen LogP contribution in [0.4, 0.5) is 0 Å². The van der Waals surface area contributed by atoms with Crippen molar-refractivity contribution in [3.05, 3.63) is 11.6 Å². The molecule has 0 N–H and O–H groups in total.